The average Bonchev–Trinajstić information content (AvgIpc) is 2.10. The molecule has 0 saturated carbocycles. The first-order chi connectivity index (χ1) is 5.85. The Kier molecular flexibility index (Phi) is 8.95. The average molecular weight is 172 g/mol. The monoisotopic (exact) mass is 172 g/mol. The first kappa shape index (κ1) is 11.9. The molecule has 1 N–H and O–H groups in total. The highest BCUT2D eigenvalue weighted by Crippen LogP contribution is 2.09. The van der Waals surface area contributed by atoms with Crippen LogP contribution in [0.2, 0.25) is 0 Å². The van der Waals surface area contributed by atoms with Crippen LogP contribution in [0.3, 0.4) is 0 Å². The van der Waals surface area contributed by atoms with Crippen LogP contribution >= 0.6 is 0 Å². The molecule has 0 aliphatic heterocycles. The number of hydrogen-bond acceptors (Lipinski definition) is 1. The van der Waals surface area contributed by atoms with Crippen LogP contribution in [-0.4, -0.2) is 11.2 Å². The molecular weight excluding hydrogens is 150 g/mol. The molecule has 2 heteroatoms. The van der Waals surface area contributed by atoms with E-state index in [0.29, 0.717) is 0 Å². The number of hydrogen-bond donors (Lipinski definition) is 1. The van der Waals surface area contributed by atoms with Crippen LogP contribution in [-0.2, 0) is 0 Å². The van der Waals surface area contributed by atoms with Crippen molar-refractivity contribution < 1.29 is 5.21 Å². The maximum absolute atomic E-state index is 8.64. The number of unbranched alkanes of at least 4 members (excludes halogenated alkanes) is 3. The normalized spacial score (nSPS) is 13.2. The van der Waals surface area contributed by atoms with E-state index in [0.717, 1.165) is 19.3 Å². The lowest BCUT2D eigenvalue weighted by atomic mass is 10.0. The quantitative estimate of drug-likeness (QED) is 0.443. The molecule has 0 aromatic rings. The van der Waals surface area contributed by atoms with Gasteiger partial charge in [-0.15, -0.1) is 0 Å². The molecule has 1 unspecified atom stereocenters. The summed E-state index contributed by atoms with van der Waals surface area (Å²) >= 11 is 0. The van der Waals surface area contributed by atoms with Crippen molar-refractivity contribution in [1.29, 1.82) is 0 Å². The lowest BCUT2D eigenvalue weighted by Gasteiger charge is -2.10. The van der Waals surface area contributed by atoms with Crippen molar-refractivity contribution >= 4 is 0 Å². The summed E-state index contributed by atoms with van der Waals surface area (Å²) in [5, 5.41) is 8.64. The fourth-order valence-electron chi connectivity index (χ4n) is 1.40. The second-order valence-corrected chi connectivity index (χ2v) is 3.41. The summed E-state index contributed by atoms with van der Waals surface area (Å²) in [6.45, 7) is 4.34. The lowest BCUT2D eigenvalue weighted by molar-refractivity contribution is 0.105. The molecule has 0 spiro atoms. The Hall–Kier alpha value is -0.0800. The van der Waals surface area contributed by atoms with Crippen molar-refractivity contribution in [2.75, 3.05) is 0 Å². The van der Waals surface area contributed by atoms with Crippen LogP contribution in [0.15, 0.2) is 0 Å². The highest BCUT2D eigenvalue weighted by molar-refractivity contribution is 4.60. The fraction of sp³-hybridized carbons (Fsp3) is 1.00. The smallest absolute Gasteiger partial charge is 0.0535 e. The predicted octanol–water partition coefficient (Wildman–Crippen LogP) is 3.12. The minimum Gasteiger partial charge on any atom is -0.297 e. The molecule has 2 nitrogen and oxygen atoms in total. The zero-order chi connectivity index (χ0) is 9.23. The highest BCUT2D eigenvalue weighted by atomic mass is 16.5. The Morgan fingerprint density at radius 2 is 1.75 bits per heavy atom. The number of rotatable bonds is 8. The summed E-state index contributed by atoms with van der Waals surface area (Å²) in [5.41, 5.74) is 3.38. The summed E-state index contributed by atoms with van der Waals surface area (Å²) in [6.07, 6.45) is 8.28. The van der Waals surface area contributed by atoms with Gasteiger partial charge in [0.05, 0.1) is 6.04 Å². The minimum absolute atomic E-state index is 0.201. The third-order valence-electron chi connectivity index (χ3n) is 2.18. The van der Waals surface area contributed by atoms with E-state index in [4.69, 9.17) is 5.21 Å². The molecule has 0 aliphatic carbocycles. The van der Waals surface area contributed by atoms with Crippen LogP contribution < -0.4 is 5.48 Å². The molecule has 0 bridgehead atoms. The van der Waals surface area contributed by atoms with Gasteiger partial charge < -0.3 is 0 Å². The second kappa shape index (κ2) is 9.01. The van der Waals surface area contributed by atoms with Crippen LogP contribution in [0.25, 0.3) is 0 Å². The maximum atomic E-state index is 8.64. The van der Waals surface area contributed by atoms with Crippen molar-refractivity contribution in [2.45, 2.75) is 64.8 Å². The molecule has 12 heavy (non-hydrogen) atoms. The molecule has 0 aliphatic rings. The van der Waals surface area contributed by atoms with E-state index in [1.165, 1.54) is 25.7 Å². The van der Waals surface area contributed by atoms with Gasteiger partial charge in [0.2, 0.25) is 0 Å². The van der Waals surface area contributed by atoms with Crippen molar-refractivity contribution in [3.63, 3.8) is 0 Å². The molecule has 0 aromatic carbocycles. The van der Waals surface area contributed by atoms with E-state index in [9.17, 15) is 0 Å². The van der Waals surface area contributed by atoms with E-state index >= 15 is 0 Å². The molecule has 0 saturated heterocycles. The van der Waals surface area contributed by atoms with Crippen LogP contribution in [0.5, 0.6) is 0 Å². The molecule has 0 rings (SSSR count). The molecule has 0 heterocycles. The van der Waals surface area contributed by atoms with Gasteiger partial charge in [-0.05, 0) is 12.8 Å². The Morgan fingerprint density at radius 1 is 1.00 bits per heavy atom. The molecule has 1 radical (unpaired) electrons. The van der Waals surface area contributed by atoms with E-state index in [2.05, 4.69) is 19.3 Å². The molecule has 0 fully saturated rings. The van der Waals surface area contributed by atoms with Gasteiger partial charge in [-0.25, -0.2) is 0 Å². The summed E-state index contributed by atoms with van der Waals surface area (Å²) in [4.78, 5) is 0. The molecule has 0 aromatic heterocycles. The van der Waals surface area contributed by atoms with Crippen molar-refractivity contribution in [3.8, 4) is 0 Å². The first-order valence-electron chi connectivity index (χ1n) is 5.19. The van der Waals surface area contributed by atoms with Crippen molar-refractivity contribution in [1.82, 2.24) is 5.48 Å². The van der Waals surface area contributed by atoms with Crippen LogP contribution in [0.4, 0.5) is 0 Å². The van der Waals surface area contributed by atoms with Gasteiger partial charge in [0.25, 0.3) is 0 Å². The predicted molar refractivity (Wildman–Crippen MR) is 51.4 cm³/mol. The van der Waals surface area contributed by atoms with Crippen LogP contribution in [0.1, 0.15) is 58.8 Å². The molecule has 1 atom stereocenters. The lowest BCUT2D eigenvalue weighted by Crippen LogP contribution is -2.18. The Labute approximate surface area is 76.3 Å². The summed E-state index contributed by atoms with van der Waals surface area (Å²) in [7, 11) is 0. The minimum atomic E-state index is 0.201. The van der Waals surface area contributed by atoms with E-state index in [1.54, 1.807) is 0 Å². The Balaban J connectivity index is 3.19. The highest BCUT2D eigenvalue weighted by Gasteiger charge is 2.05. The number of nitrogens with zero attached hydrogens (tertiary/aromatic N) is 1. The summed E-state index contributed by atoms with van der Waals surface area (Å²) in [6, 6.07) is 0.201. The van der Waals surface area contributed by atoms with Gasteiger partial charge in [-0.2, -0.15) is 0 Å². The SMILES string of the molecule is CCCCCCC(CCC)[N]O. The third-order valence-corrected chi connectivity index (χ3v) is 2.18. The summed E-state index contributed by atoms with van der Waals surface area (Å²) < 4.78 is 0. The van der Waals surface area contributed by atoms with Crippen LogP contribution in [0, 0.1) is 0 Å². The van der Waals surface area contributed by atoms with E-state index < -0.39 is 0 Å². The third kappa shape index (κ3) is 6.62. The topological polar surface area (TPSA) is 34.3 Å². The van der Waals surface area contributed by atoms with Gasteiger partial charge in [-0.3, -0.25) is 5.21 Å². The zero-order valence-electron chi connectivity index (χ0n) is 8.42. The van der Waals surface area contributed by atoms with Gasteiger partial charge >= 0.3 is 0 Å². The first-order valence-corrected chi connectivity index (χ1v) is 5.19. The Bertz CT molecular complexity index is 85.9. The van der Waals surface area contributed by atoms with Crippen molar-refractivity contribution in [3.05, 3.63) is 0 Å². The van der Waals surface area contributed by atoms with E-state index in [1.807, 2.05) is 0 Å². The molecular formula is C10H22NO. The fourth-order valence-corrected chi connectivity index (χ4v) is 1.40. The van der Waals surface area contributed by atoms with Gasteiger partial charge in [0.1, 0.15) is 0 Å². The number of hydroxylamine groups is 1. The van der Waals surface area contributed by atoms with Gasteiger partial charge in [-0.1, -0.05) is 51.4 Å². The molecule has 73 valence electrons. The Morgan fingerprint density at radius 3 is 2.25 bits per heavy atom. The zero-order valence-corrected chi connectivity index (χ0v) is 8.42. The largest absolute Gasteiger partial charge is 0.297 e. The maximum Gasteiger partial charge on any atom is 0.0535 e. The standard InChI is InChI=1S/C10H22NO/c1-3-5-6-7-9-10(11-12)8-4-2/h10,12H,3-9H2,1-2H3. The summed E-state index contributed by atoms with van der Waals surface area (Å²) in [5.74, 6) is 0. The van der Waals surface area contributed by atoms with Gasteiger partial charge in [0.15, 0.2) is 0 Å². The molecule has 0 amide bonds. The second-order valence-electron chi connectivity index (χ2n) is 3.41. The van der Waals surface area contributed by atoms with E-state index in [-0.39, 0.29) is 6.04 Å². The van der Waals surface area contributed by atoms with Crippen molar-refractivity contribution in [2.24, 2.45) is 0 Å². The van der Waals surface area contributed by atoms with Gasteiger partial charge in [0, 0.05) is 0 Å².